The zero-order chi connectivity index (χ0) is 37.0. The highest BCUT2D eigenvalue weighted by atomic mass is 32.2. The lowest BCUT2D eigenvalue weighted by atomic mass is 9.83. The molecule has 0 unspecified atom stereocenters. The maximum absolute atomic E-state index is 11.9. The van der Waals surface area contributed by atoms with Crippen LogP contribution in [-0.4, -0.2) is 58.2 Å². The highest BCUT2D eigenvalue weighted by molar-refractivity contribution is 7.90. The zero-order valence-electron chi connectivity index (χ0n) is 29.1. The summed E-state index contributed by atoms with van der Waals surface area (Å²) in [5.41, 5.74) is 6.28. The standard InChI is InChI=1S/C31H31N3O2S.C10H8O3S/c1-31(2,21-32)27-18-25-10-7-15-33-30(25)29(19-27)24-9-6-8-22(16-24)17-26(20-34(3)4)23-11-13-28(14-12-23)37(5,35)36;11-14(12,13)10-6-5-8-3-1-2-4-9(8)7-10/h6-19H,20H2,1-5H3;1-7H,(H,11,12,13)/b26-17+;. The van der Waals surface area contributed by atoms with Crippen molar-refractivity contribution in [1.82, 2.24) is 9.88 Å². The van der Waals surface area contributed by atoms with E-state index in [1.807, 2.05) is 82.5 Å². The van der Waals surface area contributed by atoms with Crippen molar-refractivity contribution in [1.29, 1.82) is 5.26 Å². The Hall–Kier alpha value is -5.18. The minimum atomic E-state index is -4.09. The molecule has 5 aromatic carbocycles. The van der Waals surface area contributed by atoms with Crippen LogP contribution in [0.3, 0.4) is 0 Å². The molecule has 0 atom stereocenters. The summed E-state index contributed by atoms with van der Waals surface area (Å²) in [7, 11) is -3.33. The number of likely N-dealkylation sites (N-methyl/N-ethyl adjacent to an activating group) is 1. The molecule has 1 aromatic heterocycles. The number of hydrogen-bond donors (Lipinski definition) is 1. The second-order valence-electron chi connectivity index (χ2n) is 13.1. The largest absolute Gasteiger partial charge is 0.305 e. The van der Waals surface area contributed by atoms with Gasteiger partial charge in [0.1, 0.15) is 0 Å². The quantitative estimate of drug-likeness (QED) is 0.123. The fourth-order valence-electron chi connectivity index (χ4n) is 5.64. The Morgan fingerprint density at radius 1 is 0.804 bits per heavy atom. The van der Waals surface area contributed by atoms with E-state index in [4.69, 9.17) is 4.55 Å². The number of rotatable bonds is 8. The summed E-state index contributed by atoms with van der Waals surface area (Å²) < 4.78 is 54.3. The molecule has 8 nitrogen and oxygen atoms in total. The first-order chi connectivity index (χ1) is 24.0. The van der Waals surface area contributed by atoms with Crippen LogP contribution in [0.15, 0.2) is 131 Å². The minimum absolute atomic E-state index is 0.0730. The maximum Gasteiger partial charge on any atom is 0.294 e. The van der Waals surface area contributed by atoms with E-state index < -0.39 is 25.4 Å². The summed E-state index contributed by atoms with van der Waals surface area (Å²) in [5.74, 6) is 0. The van der Waals surface area contributed by atoms with Gasteiger partial charge in [0.25, 0.3) is 10.1 Å². The third kappa shape index (κ3) is 9.14. The predicted octanol–water partition coefficient (Wildman–Crippen LogP) is 8.30. The summed E-state index contributed by atoms with van der Waals surface area (Å²) >= 11 is 0. The number of fused-ring (bicyclic) bond motifs is 2. The highest BCUT2D eigenvalue weighted by Gasteiger charge is 2.22. The summed E-state index contributed by atoms with van der Waals surface area (Å²) in [4.78, 5) is 6.98. The molecule has 260 valence electrons. The summed E-state index contributed by atoms with van der Waals surface area (Å²) in [6, 6.07) is 37.7. The topological polar surface area (TPSA) is 128 Å². The van der Waals surface area contributed by atoms with Crippen molar-refractivity contribution < 1.29 is 21.4 Å². The predicted molar refractivity (Wildman–Crippen MR) is 206 cm³/mol. The van der Waals surface area contributed by atoms with E-state index in [0.717, 1.165) is 55.1 Å². The number of hydrogen-bond acceptors (Lipinski definition) is 7. The van der Waals surface area contributed by atoms with E-state index in [1.54, 1.807) is 30.5 Å². The average Bonchev–Trinajstić information content (AvgIpc) is 3.10. The van der Waals surface area contributed by atoms with Gasteiger partial charge in [0.2, 0.25) is 0 Å². The van der Waals surface area contributed by atoms with Crippen molar-refractivity contribution in [3.05, 3.63) is 138 Å². The minimum Gasteiger partial charge on any atom is -0.305 e. The molecule has 0 saturated carbocycles. The lowest BCUT2D eigenvalue weighted by Gasteiger charge is -2.19. The first-order valence-corrected chi connectivity index (χ1v) is 19.4. The molecule has 1 heterocycles. The Kier molecular flexibility index (Phi) is 10.9. The van der Waals surface area contributed by atoms with Crippen LogP contribution < -0.4 is 0 Å². The molecule has 0 spiro atoms. The van der Waals surface area contributed by atoms with Crippen LogP contribution in [0, 0.1) is 11.3 Å². The van der Waals surface area contributed by atoms with Gasteiger partial charge < -0.3 is 4.90 Å². The molecule has 6 rings (SSSR count). The van der Waals surface area contributed by atoms with Crippen molar-refractivity contribution in [3.63, 3.8) is 0 Å². The average molecular weight is 718 g/mol. The molecule has 0 radical (unpaired) electrons. The number of nitriles is 1. The van der Waals surface area contributed by atoms with Crippen molar-refractivity contribution >= 4 is 53.3 Å². The third-order valence-corrected chi connectivity index (χ3v) is 10.4. The van der Waals surface area contributed by atoms with Crippen LogP contribution in [0.5, 0.6) is 0 Å². The van der Waals surface area contributed by atoms with E-state index in [0.29, 0.717) is 11.4 Å². The summed E-state index contributed by atoms with van der Waals surface area (Å²) in [6.45, 7) is 4.55. The van der Waals surface area contributed by atoms with E-state index in [9.17, 15) is 22.1 Å². The Labute approximate surface area is 300 Å². The van der Waals surface area contributed by atoms with E-state index in [2.05, 4.69) is 46.3 Å². The van der Waals surface area contributed by atoms with Gasteiger partial charge in [-0.2, -0.15) is 13.7 Å². The van der Waals surface area contributed by atoms with E-state index >= 15 is 0 Å². The fourth-order valence-corrected chi connectivity index (χ4v) is 6.79. The normalized spacial score (nSPS) is 12.4. The number of nitrogens with zero attached hydrogens (tertiary/aromatic N) is 3. The highest BCUT2D eigenvalue weighted by Crippen LogP contribution is 2.34. The summed E-state index contributed by atoms with van der Waals surface area (Å²) in [5, 5.41) is 12.5. The number of benzene rings is 5. The van der Waals surface area contributed by atoms with Gasteiger partial charge >= 0.3 is 0 Å². The van der Waals surface area contributed by atoms with Crippen LogP contribution in [-0.2, 0) is 25.4 Å². The van der Waals surface area contributed by atoms with Gasteiger partial charge in [-0.3, -0.25) is 9.54 Å². The lowest BCUT2D eigenvalue weighted by Crippen LogP contribution is -2.14. The number of aromatic nitrogens is 1. The Morgan fingerprint density at radius 2 is 1.47 bits per heavy atom. The zero-order valence-corrected chi connectivity index (χ0v) is 30.7. The van der Waals surface area contributed by atoms with Gasteiger partial charge in [-0.1, -0.05) is 66.7 Å². The molecule has 0 saturated heterocycles. The maximum atomic E-state index is 11.9. The molecular weight excluding hydrogens is 679 g/mol. The second kappa shape index (κ2) is 15.0. The van der Waals surface area contributed by atoms with Crippen molar-refractivity contribution in [2.75, 3.05) is 26.9 Å². The van der Waals surface area contributed by atoms with Gasteiger partial charge in [0.15, 0.2) is 9.84 Å². The van der Waals surface area contributed by atoms with Crippen LogP contribution in [0.4, 0.5) is 0 Å². The number of sulfone groups is 1. The number of pyridine rings is 1. The summed E-state index contributed by atoms with van der Waals surface area (Å²) in [6.07, 6.45) is 5.15. The molecule has 51 heavy (non-hydrogen) atoms. The molecule has 0 aliphatic carbocycles. The Bertz CT molecular complexity index is 2520. The molecule has 10 heteroatoms. The van der Waals surface area contributed by atoms with Crippen molar-refractivity contribution in [3.8, 4) is 17.2 Å². The van der Waals surface area contributed by atoms with Gasteiger partial charge in [0, 0.05) is 29.9 Å². The molecule has 0 aliphatic rings. The van der Waals surface area contributed by atoms with Gasteiger partial charge in [-0.25, -0.2) is 8.42 Å². The molecular formula is C41H39N3O5S2. The molecule has 0 bridgehead atoms. The Morgan fingerprint density at radius 3 is 2.12 bits per heavy atom. The van der Waals surface area contributed by atoms with Gasteiger partial charge in [0.05, 0.1) is 26.8 Å². The van der Waals surface area contributed by atoms with E-state index in [1.165, 1.54) is 18.4 Å². The molecule has 6 aromatic rings. The van der Waals surface area contributed by atoms with Crippen LogP contribution >= 0.6 is 0 Å². The van der Waals surface area contributed by atoms with E-state index in [-0.39, 0.29) is 4.90 Å². The van der Waals surface area contributed by atoms with Crippen LogP contribution in [0.2, 0.25) is 0 Å². The molecule has 0 aliphatic heterocycles. The van der Waals surface area contributed by atoms with Crippen molar-refractivity contribution in [2.45, 2.75) is 29.1 Å². The first kappa shape index (κ1) is 37.1. The molecule has 1 N–H and O–H groups in total. The third-order valence-electron chi connectivity index (χ3n) is 8.40. The lowest BCUT2D eigenvalue weighted by molar-refractivity contribution is 0.463. The second-order valence-corrected chi connectivity index (χ2v) is 16.6. The van der Waals surface area contributed by atoms with Crippen molar-refractivity contribution in [2.24, 2.45) is 0 Å². The van der Waals surface area contributed by atoms with Crippen LogP contribution in [0.1, 0.15) is 30.5 Å². The molecule has 0 fully saturated rings. The molecule has 0 amide bonds. The fraction of sp³-hybridized carbons (Fsp3) is 0.171. The smallest absolute Gasteiger partial charge is 0.294 e. The van der Waals surface area contributed by atoms with Gasteiger partial charge in [-0.05, 0) is 121 Å². The van der Waals surface area contributed by atoms with Gasteiger partial charge in [-0.15, -0.1) is 0 Å². The van der Waals surface area contributed by atoms with Crippen LogP contribution in [0.25, 0.3) is 44.5 Å². The first-order valence-electron chi connectivity index (χ1n) is 16.1. The Balaban J connectivity index is 0.000000299. The SMILES string of the molecule is CN(C)C/C(=C\c1cccc(-c2cc(C(C)(C)C#N)cc3cccnc23)c1)c1ccc(S(C)(=O)=O)cc1.O=S(=O)(O)c1ccc2ccccc2c1. The monoisotopic (exact) mass is 717 g/mol.